The molecular formula is C16H16O2. The van der Waals surface area contributed by atoms with Crippen molar-refractivity contribution in [3.05, 3.63) is 64.7 Å². The van der Waals surface area contributed by atoms with Crippen molar-refractivity contribution >= 4 is 5.78 Å². The maximum absolute atomic E-state index is 12.5. The van der Waals surface area contributed by atoms with Gasteiger partial charge in [-0.25, -0.2) is 0 Å². The van der Waals surface area contributed by atoms with E-state index in [4.69, 9.17) is 4.74 Å². The minimum Gasteiger partial charge on any atom is -0.496 e. The van der Waals surface area contributed by atoms with E-state index >= 15 is 0 Å². The lowest BCUT2D eigenvalue weighted by atomic mass is 9.98. The molecule has 0 aliphatic heterocycles. The van der Waals surface area contributed by atoms with Crippen molar-refractivity contribution in [3.8, 4) is 5.75 Å². The van der Waals surface area contributed by atoms with Gasteiger partial charge in [0.2, 0.25) is 0 Å². The van der Waals surface area contributed by atoms with E-state index in [0.717, 1.165) is 16.7 Å². The summed E-state index contributed by atoms with van der Waals surface area (Å²) >= 11 is 0. The molecule has 0 unspecified atom stereocenters. The zero-order valence-electron chi connectivity index (χ0n) is 10.9. The van der Waals surface area contributed by atoms with Crippen LogP contribution in [0, 0.1) is 13.8 Å². The van der Waals surface area contributed by atoms with Crippen LogP contribution in [0.2, 0.25) is 0 Å². The Balaban J connectivity index is 2.50. The number of methoxy groups -OCH3 is 1. The predicted octanol–water partition coefficient (Wildman–Crippen LogP) is 3.54. The monoisotopic (exact) mass is 240 g/mol. The first-order valence-electron chi connectivity index (χ1n) is 5.88. The van der Waals surface area contributed by atoms with E-state index in [1.54, 1.807) is 7.11 Å². The molecule has 0 N–H and O–H groups in total. The van der Waals surface area contributed by atoms with E-state index < -0.39 is 0 Å². The number of aryl methyl sites for hydroxylation is 2. The quantitative estimate of drug-likeness (QED) is 0.767. The van der Waals surface area contributed by atoms with Gasteiger partial charge >= 0.3 is 0 Å². The molecule has 0 saturated carbocycles. The van der Waals surface area contributed by atoms with Gasteiger partial charge in [0.1, 0.15) is 5.75 Å². The Hall–Kier alpha value is -2.09. The Morgan fingerprint density at radius 1 is 1.00 bits per heavy atom. The summed E-state index contributed by atoms with van der Waals surface area (Å²) in [6.07, 6.45) is 0. The molecule has 0 aromatic heterocycles. The van der Waals surface area contributed by atoms with Gasteiger partial charge in [0.05, 0.1) is 12.7 Å². The van der Waals surface area contributed by atoms with Crippen molar-refractivity contribution in [2.45, 2.75) is 13.8 Å². The normalized spacial score (nSPS) is 10.2. The molecule has 0 heterocycles. The fourth-order valence-electron chi connectivity index (χ4n) is 1.96. The second kappa shape index (κ2) is 5.05. The number of ether oxygens (including phenoxy) is 1. The van der Waals surface area contributed by atoms with Crippen LogP contribution in [0.4, 0.5) is 0 Å². The molecule has 92 valence electrons. The van der Waals surface area contributed by atoms with Gasteiger partial charge < -0.3 is 4.74 Å². The smallest absolute Gasteiger partial charge is 0.197 e. The molecule has 2 rings (SSSR count). The van der Waals surface area contributed by atoms with E-state index in [2.05, 4.69) is 0 Å². The van der Waals surface area contributed by atoms with Crippen LogP contribution in [-0.4, -0.2) is 12.9 Å². The summed E-state index contributed by atoms with van der Waals surface area (Å²) in [5.41, 5.74) is 3.38. The van der Waals surface area contributed by atoms with Crippen molar-refractivity contribution in [2.75, 3.05) is 7.11 Å². The molecule has 2 aromatic carbocycles. The van der Waals surface area contributed by atoms with Crippen LogP contribution < -0.4 is 4.74 Å². The maximum atomic E-state index is 12.5. The molecule has 2 aromatic rings. The van der Waals surface area contributed by atoms with Gasteiger partial charge in [-0.05, 0) is 37.1 Å². The zero-order valence-corrected chi connectivity index (χ0v) is 10.9. The molecule has 0 amide bonds. The summed E-state index contributed by atoms with van der Waals surface area (Å²) in [7, 11) is 1.59. The lowest BCUT2D eigenvalue weighted by Crippen LogP contribution is -2.05. The second-order valence-electron chi connectivity index (χ2n) is 4.35. The predicted molar refractivity (Wildman–Crippen MR) is 72.3 cm³/mol. The van der Waals surface area contributed by atoms with Gasteiger partial charge in [0.15, 0.2) is 5.78 Å². The summed E-state index contributed by atoms with van der Waals surface area (Å²) < 4.78 is 5.29. The molecule has 2 heteroatoms. The standard InChI is InChI=1S/C16H16O2/c1-11-8-9-14(15(10-11)18-3)16(17)13-7-5-4-6-12(13)2/h4-10H,1-3H3. The van der Waals surface area contributed by atoms with Crippen LogP contribution in [0.25, 0.3) is 0 Å². The SMILES string of the molecule is COc1cc(C)ccc1C(=O)c1ccccc1C. The molecule has 2 nitrogen and oxygen atoms in total. The topological polar surface area (TPSA) is 26.3 Å². The highest BCUT2D eigenvalue weighted by Gasteiger charge is 2.15. The Labute approximate surface area is 107 Å². The number of ketones is 1. The lowest BCUT2D eigenvalue weighted by molar-refractivity contribution is 0.103. The fourth-order valence-corrected chi connectivity index (χ4v) is 1.96. The number of rotatable bonds is 3. The van der Waals surface area contributed by atoms with Crippen LogP contribution in [0.1, 0.15) is 27.0 Å². The van der Waals surface area contributed by atoms with E-state index in [-0.39, 0.29) is 5.78 Å². The number of carbonyl (C=O) groups excluding carboxylic acids is 1. The van der Waals surface area contributed by atoms with Crippen molar-refractivity contribution in [1.29, 1.82) is 0 Å². The highest BCUT2D eigenvalue weighted by Crippen LogP contribution is 2.24. The molecule has 0 fully saturated rings. The highest BCUT2D eigenvalue weighted by atomic mass is 16.5. The molecule has 0 bridgehead atoms. The summed E-state index contributed by atoms with van der Waals surface area (Å²) in [6.45, 7) is 3.92. The number of hydrogen-bond acceptors (Lipinski definition) is 2. The number of carbonyl (C=O) groups is 1. The van der Waals surface area contributed by atoms with E-state index in [0.29, 0.717) is 11.3 Å². The Bertz CT molecular complexity index is 585. The number of benzene rings is 2. The van der Waals surface area contributed by atoms with Gasteiger partial charge in [-0.15, -0.1) is 0 Å². The summed E-state index contributed by atoms with van der Waals surface area (Å²) in [5, 5.41) is 0. The molecular weight excluding hydrogens is 224 g/mol. The third-order valence-electron chi connectivity index (χ3n) is 2.99. The van der Waals surface area contributed by atoms with Crippen LogP contribution in [0.15, 0.2) is 42.5 Å². The van der Waals surface area contributed by atoms with Crippen molar-refractivity contribution in [2.24, 2.45) is 0 Å². The average Bonchev–Trinajstić information content (AvgIpc) is 2.38. The molecule has 18 heavy (non-hydrogen) atoms. The minimum absolute atomic E-state index is 0.00458. The third kappa shape index (κ3) is 2.28. The van der Waals surface area contributed by atoms with Crippen LogP contribution >= 0.6 is 0 Å². The lowest BCUT2D eigenvalue weighted by Gasteiger charge is -2.10. The van der Waals surface area contributed by atoms with E-state index in [1.807, 2.05) is 56.3 Å². The van der Waals surface area contributed by atoms with Crippen LogP contribution in [0.3, 0.4) is 0 Å². The van der Waals surface area contributed by atoms with Crippen LogP contribution in [-0.2, 0) is 0 Å². The van der Waals surface area contributed by atoms with Crippen molar-refractivity contribution < 1.29 is 9.53 Å². The molecule has 0 aliphatic rings. The zero-order chi connectivity index (χ0) is 13.1. The minimum atomic E-state index is 0.00458. The summed E-state index contributed by atoms with van der Waals surface area (Å²) in [6, 6.07) is 13.2. The van der Waals surface area contributed by atoms with E-state index in [9.17, 15) is 4.79 Å². The van der Waals surface area contributed by atoms with Crippen molar-refractivity contribution in [1.82, 2.24) is 0 Å². The fraction of sp³-hybridized carbons (Fsp3) is 0.188. The van der Waals surface area contributed by atoms with Crippen molar-refractivity contribution in [3.63, 3.8) is 0 Å². The highest BCUT2D eigenvalue weighted by molar-refractivity contribution is 6.11. The largest absolute Gasteiger partial charge is 0.496 e. The molecule has 0 saturated heterocycles. The van der Waals surface area contributed by atoms with Crippen LogP contribution in [0.5, 0.6) is 5.75 Å². The van der Waals surface area contributed by atoms with E-state index in [1.165, 1.54) is 0 Å². The van der Waals surface area contributed by atoms with Gasteiger partial charge in [-0.2, -0.15) is 0 Å². The Morgan fingerprint density at radius 2 is 1.72 bits per heavy atom. The molecule has 0 aliphatic carbocycles. The number of hydrogen-bond donors (Lipinski definition) is 0. The second-order valence-corrected chi connectivity index (χ2v) is 4.35. The van der Waals surface area contributed by atoms with Gasteiger partial charge in [0.25, 0.3) is 0 Å². The first-order chi connectivity index (χ1) is 8.63. The van der Waals surface area contributed by atoms with Gasteiger partial charge in [0, 0.05) is 5.56 Å². The van der Waals surface area contributed by atoms with Gasteiger partial charge in [-0.3, -0.25) is 4.79 Å². The first kappa shape index (κ1) is 12.4. The molecule has 0 atom stereocenters. The first-order valence-corrected chi connectivity index (χ1v) is 5.88. The maximum Gasteiger partial charge on any atom is 0.197 e. The summed E-state index contributed by atoms with van der Waals surface area (Å²) in [4.78, 5) is 12.5. The molecule has 0 radical (unpaired) electrons. The average molecular weight is 240 g/mol. The molecule has 0 spiro atoms. The van der Waals surface area contributed by atoms with Gasteiger partial charge in [-0.1, -0.05) is 30.3 Å². The Morgan fingerprint density at radius 3 is 2.39 bits per heavy atom. The third-order valence-corrected chi connectivity index (χ3v) is 2.99. The Kier molecular flexibility index (Phi) is 3.47. The summed E-state index contributed by atoms with van der Waals surface area (Å²) in [5.74, 6) is 0.633.